The van der Waals surface area contributed by atoms with Crippen molar-refractivity contribution in [3.8, 4) is 17.2 Å². The van der Waals surface area contributed by atoms with Gasteiger partial charge in [-0.3, -0.25) is 9.69 Å². The Labute approximate surface area is 164 Å². The Morgan fingerprint density at radius 3 is 2.14 bits per heavy atom. The molecule has 0 unspecified atom stereocenters. The predicted octanol–water partition coefficient (Wildman–Crippen LogP) is 2.67. The van der Waals surface area contributed by atoms with Gasteiger partial charge >= 0.3 is 0 Å². The first-order valence-corrected chi connectivity index (χ1v) is 10.2. The normalized spacial score (nSPS) is 17.2. The maximum atomic E-state index is 13.3. The highest BCUT2D eigenvalue weighted by Crippen LogP contribution is 2.36. The van der Waals surface area contributed by atoms with Crippen molar-refractivity contribution in [2.24, 2.45) is 0 Å². The third-order valence-electron chi connectivity index (χ3n) is 4.44. The maximum absolute atomic E-state index is 13.3. The first kappa shape index (κ1) is 19.8. The van der Waals surface area contributed by atoms with Gasteiger partial charge in [-0.15, -0.1) is 0 Å². The van der Waals surface area contributed by atoms with Crippen molar-refractivity contribution in [3.63, 3.8) is 0 Å². The fourth-order valence-corrected chi connectivity index (χ4v) is 4.28. The Hall–Kier alpha value is -3.00. The number of methoxy groups -OCH3 is 3. The summed E-state index contributed by atoms with van der Waals surface area (Å²) in [4.78, 5) is 14.8. The summed E-state index contributed by atoms with van der Waals surface area (Å²) in [6, 6.07) is 11.0. The predicted molar refractivity (Wildman–Crippen MR) is 106 cm³/mol. The van der Waals surface area contributed by atoms with E-state index in [1.165, 1.54) is 25.2 Å². The zero-order valence-electron chi connectivity index (χ0n) is 15.8. The quantitative estimate of drug-likeness (QED) is 0.738. The van der Waals surface area contributed by atoms with E-state index in [1.54, 1.807) is 49.6 Å². The van der Waals surface area contributed by atoms with Crippen LogP contribution in [0.4, 0.5) is 5.69 Å². The van der Waals surface area contributed by atoms with Crippen LogP contribution in [0.2, 0.25) is 0 Å². The molecular weight excluding hydrogens is 382 g/mol. The second kappa shape index (κ2) is 7.93. The lowest BCUT2D eigenvalue weighted by atomic mass is 10.1. The lowest BCUT2D eigenvalue weighted by Gasteiger charge is -2.29. The Morgan fingerprint density at radius 2 is 1.61 bits per heavy atom. The molecule has 1 aliphatic heterocycles. The van der Waals surface area contributed by atoms with Gasteiger partial charge in [-0.25, -0.2) is 8.42 Å². The second-order valence-electron chi connectivity index (χ2n) is 6.17. The highest BCUT2D eigenvalue weighted by molar-refractivity contribution is 7.94. The molecule has 3 rings (SSSR count). The molecule has 148 valence electrons. The summed E-state index contributed by atoms with van der Waals surface area (Å²) in [6.45, 7) is 0. The number of hydrogen-bond acceptors (Lipinski definition) is 6. The molecule has 1 aliphatic rings. The summed E-state index contributed by atoms with van der Waals surface area (Å²) < 4.78 is 39.7. The maximum Gasteiger partial charge on any atom is 0.258 e. The number of benzene rings is 2. The Morgan fingerprint density at radius 1 is 0.964 bits per heavy atom. The van der Waals surface area contributed by atoms with E-state index in [4.69, 9.17) is 14.2 Å². The molecule has 0 bridgehead atoms. The summed E-state index contributed by atoms with van der Waals surface area (Å²) in [7, 11) is 1.18. The van der Waals surface area contributed by atoms with Crippen LogP contribution in [0.25, 0.3) is 0 Å². The molecule has 1 heterocycles. The van der Waals surface area contributed by atoms with Gasteiger partial charge in [0.15, 0.2) is 9.84 Å². The van der Waals surface area contributed by atoms with Gasteiger partial charge in [0.1, 0.15) is 17.2 Å². The summed E-state index contributed by atoms with van der Waals surface area (Å²) >= 11 is 0. The van der Waals surface area contributed by atoms with Crippen molar-refractivity contribution in [3.05, 3.63) is 59.5 Å². The van der Waals surface area contributed by atoms with Crippen LogP contribution in [-0.2, 0) is 9.84 Å². The third kappa shape index (κ3) is 3.96. The van der Waals surface area contributed by atoms with Crippen LogP contribution in [0.1, 0.15) is 10.4 Å². The summed E-state index contributed by atoms with van der Waals surface area (Å²) in [6.07, 6.45) is 1.51. The zero-order valence-corrected chi connectivity index (χ0v) is 16.6. The van der Waals surface area contributed by atoms with Crippen molar-refractivity contribution in [1.82, 2.24) is 0 Å². The minimum Gasteiger partial charge on any atom is -0.497 e. The average molecular weight is 403 g/mol. The minimum absolute atomic E-state index is 0.190. The molecule has 0 N–H and O–H groups in total. The van der Waals surface area contributed by atoms with Crippen LogP contribution >= 0.6 is 0 Å². The van der Waals surface area contributed by atoms with Gasteiger partial charge in [-0.1, -0.05) is 0 Å². The summed E-state index contributed by atoms with van der Waals surface area (Å²) in [5.41, 5.74) is 0.854. The number of nitrogens with zero attached hydrogens (tertiary/aromatic N) is 1. The molecule has 1 atom stereocenters. The fourth-order valence-electron chi connectivity index (χ4n) is 3.02. The van der Waals surface area contributed by atoms with E-state index in [2.05, 4.69) is 0 Å². The number of carbonyl (C=O) groups excluding carboxylic acids is 1. The van der Waals surface area contributed by atoms with E-state index in [1.807, 2.05) is 0 Å². The first-order chi connectivity index (χ1) is 13.4. The fraction of sp³-hybridized carbons (Fsp3) is 0.250. The summed E-state index contributed by atoms with van der Waals surface area (Å²) in [5.74, 6) is 1.04. The number of carbonyl (C=O) groups is 1. The van der Waals surface area contributed by atoms with E-state index < -0.39 is 15.9 Å². The van der Waals surface area contributed by atoms with Crippen molar-refractivity contribution in [2.75, 3.05) is 32.0 Å². The van der Waals surface area contributed by atoms with Crippen LogP contribution in [0.3, 0.4) is 0 Å². The van der Waals surface area contributed by atoms with Crippen LogP contribution < -0.4 is 19.1 Å². The lowest BCUT2D eigenvalue weighted by Crippen LogP contribution is -2.41. The molecule has 0 saturated heterocycles. The van der Waals surface area contributed by atoms with Crippen LogP contribution in [0.15, 0.2) is 53.9 Å². The zero-order chi connectivity index (χ0) is 20.3. The standard InChI is InChI=1S/C20H21NO6S/c1-25-16-6-4-14(5-7-16)20(22)21(15-10-11-28(23,24)13-15)18-9-8-17(26-2)12-19(18)27-3/h4-12,15H,13H2,1-3H3/t15-/m1/s1. The molecule has 0 aromatic heterocycles. The SMILES string of the molecule is COc1ccc(C(=O)N(c2ccc(OC)cc2OC)[C@@H]2C=CS(=O)(=O)C2)cc1. The average Bonchev–Trinajstić information content (AvgIpc) is 3.07. The van der Waals surface area contributed by atoms with Crippen molar-refractivity contribution < 1.29 is 27.4 Å². The number of sulfone groups is 1. The smallest absolute Gasteiger partial charge is 0.258 e. The van der Waals surface area contributed by atoms with E-state index in [9.17, 15) is 13.2 Å². The number of anilines is 1. The highest BCUT2D eigenvalue weighted by atomic mass is 32.2. The second-order valence-corrected chi connectivity index (χ2v) is 8.10. The Kier molecular flexibility index (Phi) is 5.60. The van der Waals surface area contributed by atoms with Crippen molar-refractivity contribution in [2.45, 2.75) is 6.04 Å². The number of amides is 1. The number of rotatable bonds is 6. The Bertz CT molecular complexity index is 998. The van der Waals surface area contributed by atoms with Gasteiger partial charge in [0.2, 0.25) is 0 Å². The lowest BCUT2D eigenvalue weighted by molar-refractivity contribution is 0.0982. The molecule has 0 aliphatic carbocycles. The molecule has 2 aromatic carbocycles. The topological polar surface area (TPSA) is 82.1 Å². The molecule has 2 aromatic rings. The molecule has 0 saturated carbocycles. The van der Waals surface area contributed by atoms with Gasteiger partial charge in [0.05, 0.1) is 38.8 Å². The van der Waals surface area contributed by atoms with Gasteiger partial charge < -0.3 is 14.2 Å². The van der Waals surface area contributed by atoms with Gasteiger partial charge in [0, 0.05) is 17.0 Å². The largest absolute Gasteiger partial charge is 0.497 e. The molecular formula is C20H21NO6S. The van der Waals surface area contributed by atoms with Crippen LogP contribution in [0.5, 0.6) is 17.2 Å². The van der Waals surface area contributed by atoms with E-state index >= 15 is 0 Å². The Balaban J connectivity index is 2.07. The molecule has 8 heteroatoms. The van der Waals surface area contributed by atoms with E-state index in [0.717, 1.165) is 5.41 Å². The molecule has 0 fully saturated rings. The van der Waals surface area contributed by atoms with Gasteiger partial charge in [-0.05, 0) is 42.5 Å². The van der Waals surface area contributed by atoms with Crippen molar-refractivity contribution in [1.29, 1.82) is 0 Å². The minimum atomic E-state index is -3.37. The van der Waals surface area contributed by atoms with E-state index in [-0.39, 0.29) is 11.7 Å². The molecule has 0 spiro atoms. The molecule has 0 radical (unpaired) electrons. The van der Waals surface area contributed by atoms with E-state index in [0.29, 0.717) is 28.5 Å². The first-order valence-electron chi connectivity index (χ1n) is 8.49. The number of hydrogen-bond donors (Lipinski definition) is 0. The molecule has 7 nitrogen and oxygen atoms in total. The number of ether oxygens (including phenoxy) is 3. The third-order valence-corrected chi connectivity index (χ3v) is 5.82. The van der Waals surface area contributed by atoms with Crippen molar-refractivity contribution >= 4 is 21.4 Å². The van der Waals surface area contributed by atoms with Gasteiger partial charge in [0.25, 0.3) is 5.91 Å². The monoisotopic (exact) mass is 403 g/mol. The molecule has 1 amide bonds. The van der Waals surface area contributed by atoms with Crippen LogP contribution in [0, 0.1) is 0 Å². The highest BCUT2D eigenvalue weighted by Gasteiger charge is 2.33. The summed E-state index contributed by atoms with van der Waals surface area (Å²) in [5, 5.41) is 1.14. The van der Waals surface area contributed by atoms with Gasteiger partial charge in [-0.2, -0.15) is 0 Å². The molecule has 28 heavy (non-hydrogen) atoms. The van der Waals surface area contributed by atoms with Crippen LogP contribution in [-0.4, -0.2) is 47.4 Å².